The molecule has 0 heterocycles. The lowest BCUT2D eigenvalue weighted by Crippen LogP contribution is -1.88. The van der Waals surface area contributed by atoms with E-state index in [2.05, 4.69) is 11.5 Å². The minimum absolute atomic E-state index is 0.0513. The minimum Gasteiger partial charge on any atom is -0.497 e. The SMILES string of the molecule is COc1ccc(C(=C=C=CC(C)=O)c2ccccc2)cc1. The molecule has 0 aliphatic carbocycles. The van der Waals surface area contributed by atoms with Crippen LogP contribution in [0.25, 0.3) is 5.57 Å². The lowest BCUT2D eigenvalue weighted by atomic mass is 9.99. The van der Waals surface area contributed by atoms with Gasteiger partial charge in [-0.25, -0.2) is 0 Å². The summed E-state index contributed by atoms with van der Waals surface area (Å²) < 4.78 is 5.17. The molecule has 104 valence electrons. The lowest BCUT2D eigenvalue weighted by Gasteiger charge is -2.06. The van der Waals surface area contributed by atoms with E-state index in [4.69, 9.17) is 4.74 Å². The smallest absolute Gasteiger partial charge is 0.160 e. The number of allylic oxidation sites excluding steroid dienone is 1. The van der Waals surface area contributed by atoms with Crippen molar-refractivity contribution in [2.45, 2.75) is 6.92 Å². The van der Waals surface area contributed by atoms with Gasteiger partial charge in [-0.2, -0.15) is 0 Å². The number of hydrogen-bond acceptors (Lipinski definition) is 2. The Balaban J connectivity index is 2.55. The van der Waals surface area contributed by atoms with Crippen molar-refractivity contribution in [1.29, 1.82) is 0 Å². The third-order valence-electron chi connectivity index (χ3n) is 2.91. The first-order valence-corrected chi connectivity index (χ1v) is 6.63. The van der Waals surface area contributed by atoms with Crippen molar-refractivity contribution in [2.75, 3.05) is 7.11 Å². The van der Waals surface area contributed by atoms with E-state index in [1.165, 1.54) is 13.0 Å². The molecule has 0 fully saturated rings. The van der Waals surface area contributed by atoms with Gasteiger partial charge in [0.05, 0.1) is 7.11 Å². The molecule has 0 aliphatic heterocycles. The highest BCUT2D eigenvalue weighted by atomic mass is 16.5. The second kappa shape index (κ2) is 7.12. The Bertz CT molecular complexity index is 712. The van der Waals surface area contributed by atoms with Crippen LogP contribution in [0.5, 0.6) is 5.75 Å². The normalized spacial score (nSPS) is 9.24. The first-order chi connectivity index (χ1) is 10.2. The maximum Gasteiger partial charge on any atom is 0.160 e. The van der Waals surface area contributed by atoms with Gasteiger partial charge in [-0.15, -0.1) is 0 Å². The highest BCUT2D eigenvalue weighted by molar-refractivity contribution is 5.87. The summed E-state index contributed by atoms with van der Waals surface area (Å²) in [6.45, 7) is 1.49. The average Bonchev–Trinajstić information content (AvgIpc) is 2.52. The summed E-state index contributed by atoms with van der Waals surface area (Å²) in [6, 6.07) is 17.6. The Labute approximate surface area is 124 Å². The zero-order chi connectivity index (χ0) is 15.1. The quantitative estimate of drug-likeness (QED) is 0.622. The van der Waals surface area contributed by atoms with Crippen LogP contribution in [0.1, 0.15) is 18.1 Å². The maximum atomic E-state index is 11.0. The number of carbonyl (C=O) groups excluding carboxylic acids is 1. The number of benzene rings is 2. The molecule has 2 heteroatoms. The van der Waals surface area contributed by atoms with Crippen LogP contribution in [-0.2, 0) is 4.79 Å². The fourth-order valence-corrected chi connectivity index (χ4v) is 1.88. The Morgan fingerprint density at radius 1 is 1.00 bits per heavy atom. The highest BCUT2D eigenvalue weighted by Gasteiger charge is 2.04. The van der Waals surface area contributed by atoms with E-state index in [-0.39, 0.29) is 5.78 Å². The first-order valence-electron chi connectivity index (χ1n) is 6.63. The molecule has 0 amide bonds. The van der Waals surface area contributed by atoms with Crippen LogP contribution in [0.2, 0.25) is 0 Å². The molecular weight excluding hydrogens is 260 g/mol. The van der Waals surface area contributed by atoms with Gasteiger partial charge >= 0.3 is 0 Å². The van der Waals surface area contributed by atoms with Crippen LogP contribution in [0, 0.1) is 0 Å². The summed E-state index contributed by atoms with van der Waals surface area (Å²) in [6.07, 6.45) is 1.38. The molecular formula is C19H16O2. The van der Waals surface area contributed by atoms with E-state index < -0.39 is 0 Å². The van der Waals surface area contributed by atoms with Gasteiger partial charge in [0.1, 0.15) is 5.75 Å². The number of methoxy groups -OCH3 is 1. The molecule has 0 aromatic heterocycles. The third-order valence-corrected chi connectivity index (χ3v) is 2.91. The molecule has 0 aliphatic rings. The zero-order valence-corrected chi connectivity index (χ0v) is 12.1. The van der Waals surface area contributed by atoms with Crippen molar-refractivity contribution >= 4 is 11.4 Å². The molecule has 0 spiro atoms. The van der Waals surface area contributed by atoms with E-state index in [0.717, 1.165) is 22.4 Å². The average molecular weight is 276 g/mol. The standard InChI is InChI=1S/C19H16O2/c1-15(20)7-6-10-19(16-8-4-3-5-9-16)17-11-13-18(21-2)14-12-17/h3-5,7-9,11-14H,1-2H3. The van der Waals surface area contributed by atoms with Gasteiger partial charge in [-0.05, 0) is 30.2 Å². The van der Waals surface area contributed by atoms with Crippen LogP contribution in [0.3, 0.4) is 0 Å². The minimum atomic E-state index is -0.0513. The van der Waals surface area contributed by atoms with Crippen LogP contribution in [0.15, 0.2) is 72.1 Å². The topological polar surface area (TPSA) is 26.3 Å². The summed E-state index contributed by atoms with van der Waals surface area (Å²) in [7, 11) is 1.64. The van der Waals surface area contributed by atoms with Crippen LogP contribution < -0.4 is 4.74 Å². The number of ketones is 1. The monoisotopic (exact) mass is 276 g/mol. The Morgan fingerprint density at radius 2 is 1.62 bits per heavy atom. The Morgan fingerprint density at radius 3 is 2.19 bits per heavy atom. The number of carbonyl (C=O) groups is 1. The summed E-state index contributed by atoms with van der Waals surface area (Å²) in [5, 5.41) is 0. The second-order valence-corrected chi connectivity index (χ2v) is 4.49. The molecule has 0 unspecified atom stereocenters. The van der Waals surface area contributed by atoms with Crippen molar-refractivity contribution in [1.82, 2.24) is 0 Å². The fraction of sp³-hybridized carbons (Fsp3) is 0.105. The molecule has 21 heavy (non-hydrogen) atoms. The summed E-state index contributed by atoms with van der Waals surface area (Å²) >= 11 is 0. The molecule has 2 aromatic rings. The Hall–Kier alpha value is -2.79. The van der Waals surface area contributed by atoms with E-state index >= 15 is 0 Å². The number of rotatable bonds is 4. The first kappa shape index (κ1) is 14.6. The van der Waals surface area contributed by atoms with Crippen LogP contribution in [-0.4, -0.2) is 12.9 Å². The van der Waals surface area contributed by atoms with E-state index in [1.807, 2.05) is 54.6 Å². The predicted octanol–water partition coefficient (Wildman–Crippen LogP) is 4.03. The third kappa shape index (κ3) is 4.09. The van der Waals surface area contributed by atoms with Gasteiger partial charge in [-0.3, -0.25) is 4.79 Å². The number of hydrogen-bond donors (Lipinski definition) is 0. The van der Waals surface area contributed by atoms with Gasteiger partial charge in [0.15, 0.2) is 5.78 Å². The van der Waals surface area contributed by atoms with Crippen molar-refractivity contribution in [3.8, 4) is 5.75 Å². The molecule has 2 nitrogen and oxygen atoms in total. The van der Waals surface area contributed by atoms with Gasteiger partial charge in [0, 0.05) is 11.6 Å². The van der Waals surface area contributed by atoms with Gasteiger partial charge in [-0.1, -0.05) is 53.9 Å². The molecule has 0 bridgehead atoms. The maximum absolute atomic E-state index is 11.0. The Kier molecular flexibility index (Phi) is 4.95. The molecule has 0 N–H and O–H groups in total. The van der Waals surface area contributed by atoms with Crippen molar-refractivity contribution in [3.05, 3.63) is 83.3 Å². The molecule has 2 aromatic carbocycles. The van der Waals surface area contributed by atoms with Gasteiger partial charge in [0.2, 0.25) is 0 Å². The lowest BCUT2D eigenvalue weighted by molar-refractivity contribution is -0.112. The van der Waals surface area contributed by atoms with Crippen molar-refractivity contribution in [3.63, 3.8) is 0 Å². The molecule has 2 rings (SSSR count). The number of ether oxygens (including phenoxy) is 1. The fourth-order valence-electron chi connectivity index (χ4n) is 1.88. The van der Waals surface area contributed by atoms with E-state index in [9.17, 15) is 4.79 Å². The molecule has 0 atom stereocenters. The van der Waals surface area contributed by atoms with Crippen LogP contribution >= 0.6 is 0 Å². The van der Waals surface area contributed by atoms with Gasteiger partial charge < -0.3 is 4.74 Å². The zero-order valence-electron chi connectivity index (χ0n) is 12.1. The second-order valence-electron chi connectivity index (χ2n) is 4.49. The van der Waals surface area contributed by atoms with Crippen molar-refractivity contribution < 1.29 is 9.53 Å². The van der Waals surface area contributed by atoms with E-state index in [1.54, 1.807) is 7.11 Å². The van der Waals surface area contributed by atoms with Crippen LogP contribution in [0.4, 0.5) is 0 Å². The predicted molar refractivity (Wildman–Crippen MR) is 84.2 cm³/mol. The van der Waals surface area contributed by atoms with Crippen molar-refractivity contribution in [2.24, 2.45) is 0 Å². The highest BCUT2D eigenvalue weighted by Crippen LogP contribution is 2.24. The molecule has 0 saturated heterocycles. The molecule has 0 radical (unpaired) electrons. The summed E-state index contributed by atoms with van der Waals surface area (Å²) in [4.78, 5) is 11.0. The largest absolute Gasteiger partial charge is 0.497 e. The molecule has 0 saturated carbocycles. The van der Waals surface area contributed by atoms with Gasteiger partial charge in [0.25, 0.3) is 0 Å². The summed E-state index contributed by atoms with van der Waals surface area (Å²) in [5.41, 5.74) is 8.79. The van der Waals surface area contributed by atoms with E-state index in [0.29, 0.717) is 0 Å². The summed E-state index contributed by atoms with van der Waals surface area (Å²) in [5.74, 6) is 0.749.